The zero-order chi connectivity index (χ0) is 13.0. The Kier molecular flexibility index (Phi) is 4.45. The summed E-state index contributed by atoms with van der Waals surface area (Å²) in [5.74, 6) is -1.35. The molecule has 92 valence electrons. The summed E-state index contributed by atoms with van der Waals surface area (Å²) < 4.78 is 27.6. The first-order valence-corrected chi connectivity index (χ1v) is 5.67. The molecule has 0 saturated carbocycles. The Morgan fingerprint density at radius 3 is 2.18 bits per heavy atom. The molecule has 0 amide bonds. The van der Waals surface area contributed by atoms with Crippen molar-refractivity contribution in [1.82, 2.24) is 0 Å². The summed E-state index contributed by atoms with van der Waals surface area (Å²) in [6.07, 6.45) is 0.803. The molecule has 0 aliphatic carbocycles. The number of benzene rings is 1. The van der Waals surface area contributed by atoms with E-state index in [9.17, 15) is 8.78 Å². The molecule has 1 aromatic carbocycles. The zero-order valence-corrected chi connectivity index (χ0v) is 10.3. The monoisotopic (exact) mass is 238 g/mol. The predicted molar refractivity (Wildman–Crippen MR) is 63.8 cm³/mol. The van der Waals surface area contributed by atoms with Crippen LogP contribution in [0, 0.1) is 23.0 Å². The van der Waals surface area contributed by atoms with Gasteiger partial charge in [0, 0.05) is 12.6 Å². The molecular weight excluding hydrogens is 222 g/mol. The lowest BCUT2D eigenvalue weighted by Crippen LogP contribution is -2.33. The van der Waals surface area contributed by atoms with Gasteiger partial charge in [-0.2, -0.15) is 5.26 Å². The largest absolute Gasteiger partial charge is 0.364 e. The fourth-order valence-electron chi connectivity index (χ4n) is 1.77. The van der Waals surface area contributed by atoms with Crippen LogP contribution in [0.2, 0.25) is 0 Å². The van der Waals surface area contributed by atoms with Gasteiger partial charge in [0.25, 0.3) is 0 Å². The zero-order valence-electron chi connectivity index (χ0n) is 10.3. The Hall–Kier alpha value is -1.63. The molecule has 1 rings (SSSR count). The molecule has 0 spiro atoms. The van der Waals surface area contributed by atoms with Gasteiger partial charge in [-0.3, -0.25) is 0 Å². The standard InChI is InChI=1S/C13H16F2N2/c1-4-5-17(9(2)3)13-11(14)6-10(8-16)7-12(13)15/h6-7,9H,4-5H2,1-3H3. The van der Waals surface area contributed by atoms with Crippen molar-refractivity contribution >= 4 is 5.69 Å². The molecule has 0 aromatic heterocycles. The molecule has 4 heteroatoms. The normalized spacial score (nSPS) is 10.4. The van der Waals surface area contributed by atoms with Crippen molar-refractivity contribution in [2.75, 3.05) is 11.4 Å². The number of halogens is 2. The first-order valence-electron chi connectivity index (χ1n) is 5.67. The van der Waals surface area contributed by atoms with Gasteiger partial charge in [0.2, 0.25) is 0 Å². The summed E-state index contributed by atoms with van der Waals surface area (Å²) in [7, 11) is 0. The van der Waals surface area contributed by atoms with Gasteiger partial charge in [-0.1, -0.05) is 6.92 Å². The van der Waals surface area contributed by atoms with Crippen LogP contribution < -0.4 is 4.90 Å². The van der Waals surface area contributed by atoms with E-state index in [2.05, 4.69) is 0 Å². The molecular formula is C13H16F2N2. The van der Waals surface area contributed by atoms with Crippen molar-refractivity contribution in [1.29, 1.82) is 5.26 Å². The van der Waals surface area contributed by atoms with Crippen molar-refractivity contribution in [3.8, 4) is 6.07 Å². The molecule has 0 aliphatic rings. The summed E-state index contributed by atoms with van der Waals surface area (Å²) in [4.78, 5) is 1.67. The highest BCUT2D eigenvalue weighted by molar-refractivity contribution is 5.53. The molecule has 17 heavy (non-hydrogen) atoms. The molecule has 1 aromatic rings. The van der Waals surface area contributed by atoms with Crippen molar-refractivity contribution in [3.05, 3.63) is 29.3 Å². The second-order valence-electron chi connectivity index (χ2n) is 4.19. The number of hydrogen-bond acceptors (Lipinski definition) is 2. The van der Waals surface area contributed by atoms with Gasteiger partial charge in [0.1, 0.15) is 5.69 Å². The Morgan fingerprint density at radius 2 is 1.82 bits per heavy atom. The number of nitriles is 1. The second-order valence-corrected chi connectivity index (χ2v) is 4.19. The third-order valence-electron chi connectivity index (χ3n) is 2.52. The van der Waals surface area contributed by atoms with Gasteiger partial charge in [0.05, 0.1) is 11.6 Å². The van der Waals surface area contributed by atoms with Gasteiger partial charge in [-0.05, 0) is 32.4 Å². The Bertz CT molecular complexity index is 413. The minimum Gasteiger partial charge on any atom is -0.364 e. The van der Waals surface area contributed by atoms with E-state index in [-0.39, 0.29) is 17.3 Å². The third kappa shape index (κ3) is 2.94. The second kappa shape index (κ2) is 5.62. The first-order chi connectivity index (χ1) is 8.01. The maximum Gasteiger partial charge on any atom is 0.150 e. The highest BCUT2D eigenvalue weighted by Crippen LogP contribution is 2.26. The quantitative estimate of drug-likeness (QED) is 0.803. The number of hydrogen-bond donors (Lipinski definition) is 0. The summed E-state index contributed by atoms with van der Waals surface area (Å²) in [6.45, 7) is 6.30. The van der Waals surface area contributed by atoms with Crippen LogP contribution in [0.15, 0.2) is 12.1 Å². The molecule has 0 radical (unpaired) electrons. The van der Waals surface area contributed by atoms with Crippen LogP contribution in [-0.2, 0) is 0 Å². The van der Waals surface area contributed by atoms with Crippen LogP contribution in [-0.4, -0.2) is 12.6 Å². The number of anilines is 1. The Balaban J connectivity index is 3.24. The third-order valence-corrected chi connectivity index (χ3v) is 2.52. The maximum atomic E-state index is 13.8. The molecule has 2 nitrogen and oxygen atoms in total. The van der Waals surface area contributed by atoms with Crippen LogP contribution >= 0.6 is 0 Å². The fourth-order valence-corrected chi connectivity index (χ4v) is 1.77. The first kappa shape index (κ1) is 13.4. The lowest BCUT2D eigenvalue weighted by atomic mass is 10.1. The van der Waals surface area contributed by atoms with E-state index >= 15 is 0 Å². The molecule has 0 atom stereocenters. The van der Waals surface area contributed by atoms with Crippen molar-refractivity contribution in [2.24, 2.45) is 0 Å². The highest BCUT2D eigenvalue weighted by atomic mass is 19.1. The van der Waals surface area contributed by atoms with E-state index in [1.807, 2.05) is 20.8 Å². The molecule has 0 aliphatic heterocycles. The highest BCUT2D eigenvalue weighted by Gasteiger charge is 2.19. The van der Waals surface area contributed by atoms with Crippen molar-refractivity contribution < 1.29 is 8.78 Å². The van der Waals surface area contributed by atoms with E-state index in [0.717, 1.165) is 18.6 Å². The summed E-state index contributed by atoms with van der Waals surface area (Å²) in [5.41, 5.74) is -0.0372. The van der Waals surface area contributed by atoms with Crippen molar-refractivity contribution in [2.45, 2.75) is 33.2 Å². The van der Waals surface area contributed by atoms with E-state index in [1.54, 1.807) is 11.0 Å². The van der Waals surface area contributed by atoms with E-state index in [0.29, 0.717) is 6.54 Å². The predicted octanol–water partition coefficient (Wildman–Crippen LogP) is 3.46. The van der Waals surface area contributed by atoms with Crippen LogP contribution in [0.1, 0.15) is 32.8 Å². The molecule has 0 fully saturated rings. The maximum absolute atomic E-state index is 13.8. The van der Waals surface area contributed by atoms with Gasteiger partial charge < -0.3 is 4.90 Å². The molecule has 0 bridgehead atoms. The fraction of sp³-hybridized carbons (Fsp3) is 0.462. The van der Waals surface area contributed by atoms with Gasteiger partial charge >= 0.3 is 0 Å². The van der Waals surface area contributed by atoms with Crippen molar-refractivity contribution in [3.63, 3.8) is 0 Å². The lowest BCUT2D eigenvalue weighted by Gasteiger charge is -2.29. The average Bonchev–Trinajstić information content (AvgIpc) is 2.26. The summed E-state index contributed by atoms with van der Waals surface area (Å²) >= 11 is 0. The number of rotatable bonds is 4. The summed E-state index contributed by atoms with van der Waals surface area (Å²) in [6, 6.07) is 3.89. The van der Waals surface area contributed by atoms with Gasteiger partial charge in [0.15, 0.2) is 11.6 Å². The summed E-state index contributed by atoms with van der Waals surface area (Å²) in [5, 5.41) is 8.63. The minimum atomic E-state index is -0.677. The van der Waals surface area contributed by atoms with E-state index in [1.165, 1.54) is 0 Å². The van der Waals surface area contributed by atoms with Crippen LogP contribution in [0.3, 0.4) is 0 Å². The molecule has 0 unspecified atom stereocenters. The van der Waals surface area contributed by atoms with E-state index in [4.69, 9.17) is 5.26 Å². The average molecular weight is 238 g/mol. The Morgan fingerprint density at radius 1 is 1.29 bits per heavy atom. The SMILES string of the molecule is CCCN(c1c(F)cc(C#N)cc1F)C(C)C. The van der Waals surface area contributed by atoms with Crippen LogP contribution in [0.4, 0.5) is 14.5 Å². The molecule has 0 N–H and O–H groups in total. The van der Waals surface area contributed by atoms with Crippen LogP contribution in [0.5, 0.6) is 0 Å². The lowest BCUT2D eigenvalue weighted by molar-refractivity contribution is 0.553. The minimum absolute atomic E-state index is 0.00366. The molecule has 0 heterocycles. The van der Waals surface area contributed by atoms with E-state index < -0.39 is 11.6 Å². The Labute approximate surface area is 100 Å². The molecule has 0 saturated heterocycles. The smallest absolute Gasteiger partial charge is 0.150 e. The van der Waals surface area contributed by atoms with Gasteiger partial charge in [-0.15, -0.1) is 0 Å². The number of nitrogens with zero attached hydrogens (tertiary/aromatic N) is 2. The van der Waals surface area contributed by atoms with Crippen LogP contribution in [0.25, 0.3) is 0 Å². The van der Waals surface area contributed by atoms with Gasteiger partial charge in [-0.25, -0.2) is 8.78 Å². The topological polar surface area (TPSA) is 27.0 Å².